The van der Waals surface area contributed by atoms with Crippen LogP contribution in [0.4, 0.5) is 0 Å². The molecule has 2 atom stereocenters. The molecule has 6 heteroatoms. The lowest BCUT2D eigenvalue weighted by Crippen LogP contribution is -2.36. The number of rotatable bonds is 6. The van der Waals surface area contributed by atoms with E-state index in [4.69, 9.17) is 14.6 Å². The van der Waals surface area contributed by atoms with E-state index in [1.165, 1.54) is 0 Å². The minimum absolute atomic E-state index is 0.00826. The van der Waals surface area contributed by atoms with E-state index in [9.17, 15) is 9.59 Å². The Kier molecular flexibility index (Phi) is 5.35. The Balaban J connectivity index is 1.57. The summed E-state index contributed by atoms with van der Waals surface area (Å²) in [5.41, 5.74) is 0.566. The van der Waals surface area contributed by atoms with Crippen molar-refractivity contribution in [3.8, 4) is 5.75 Å². The number of carboxylic acids is 1. The maximum Gasteiger partial charge on any atom is 0.305 e. The third kappa shape index (κ3) is 4.06. The highest BCUT2D eigenvalue weighted by Gasteiger charge is 2.30. The van der Waals surface area contributed by atoms with E-state index in [1.807, 2.05) is 0 Å². The summed E-state index contributed by atoms with van der Waals surface area (Å²) in [6.07, 6.45) is 3.87. The first-order valence-electron chi connectivity index (χ1n) is 8.50. The fraction of sp³-hybridized carbons (Fsp3) is 0.556. The molecule has 0 spiro atoms. The van der Waals surface area contributed by atoms with E-state index in [1.54, 1.807) is 29.2 Å². The quantitative estimate of drug-likeness (QED) is 0.864. The summed E-state index contributed by atoms with van der Waals surface area (Å²) in [5.74, 6) is -0.257. The van der Waals surface area contributed by atoms with Crippen molar-refractivity contribution >= 4 is 11.9 Å². The van der Waals surface area contributed by atoms with Crippen LogP contribution in [0.3, 0.4) is 0 Å². The van der Waals surface area contributed by atoms with Crippen molar-refractivity contribution in [2.75, 3.05) is 19.8 Å². The van der Waals surface area contributed by atoms with Crippen LogP contribution in [0.1, 0.15) is 42.5 Å². The monoisotopic (exact) mass is 333 g/mol. The van der Waals surface area contributed by atoms with Crippen molar-refractivity contribution in [2.45, 2.75) is 44.2 Å². The normalized spacial score (nSPS) is 23.4. The molecule has 2 saturated heterocycles. The average Bonchev–Trinajstić information content (AvgIpc) is 3.24. The lowest BCUT2D eigenvalue weighted by Gasteiger charge is -2.23. The maximum absolute atomic E-state index is 12.6. The fourth-order valence-corrected chi connectivity index (χ4v) is 3.34. The molecule has 2 aliphatic rings. The zero-order chi connectivity index (χ0) is 16.9. The molecule has 0 bridgehead atoms. The van der Waals surface area contributed by atoms with Gasteiger partial charge in [0.05, 0.1) is 12.5 Å². The molecule has 2 unspecified atom stereocenters. The fourth-order valence-electron chi connectivity index (χ4n) is 3.34. The van der Waals surface area contributed by atoms with Crippen LogP contribution in [0.5, 0.6) is 5.75 Å². The predicted octanol–water partition coefficient (Wildman–Crippen LogP) is 2.32. The third-order valence-corrected chi connectivity index (χ3v) is 4.61. The number of carbonyl (C=O) groups is 2. The Hall–Kier alpha value is -2.08. The van der Waals surface area contributed by atoms with Gasteiger partial charge in [0.2, 0.25) is 0 Å². The zero-order valence-corrected chi connectivity index (χ0v) is 13.6. The second-order valence-electron chi connectivity index (χ2n) is 6.36. The maximum atomic E-state index is 12.6. The molecule has 130 valence electrons. The molecule has 2 fully saturated rings. The number of likely N-dealkylation sites (tertiary alicyclic amines) is 1. The van der Waals surface area contributed by atoms with Crippen molar-refractivity contribution in [3.05, 3.63) is 29.8 Å². The number of aliphatic carboxylic acids is 1. The highest BCUT2D eigenvalue weighted by atomic mass is 16.5. The Morgan fingerprint density at radius 2 is 2.00 bits per heavy atom. The first kappa shape index (κ1) is 16.8. The number of ether oxygens (including phenoxy) is 2. The van der Waals surface area contributed by atoms with Crippen LogP contribution < -0.4 is 4.74 Å². The van der Waals surface area contributed by atoms with E-state index in [0.717, 1.165) is 32.3 Å². The van der Waals surface area contributed by atoms with Crippen LogP contribution in [0, 0.1) is 0 Å². The number of carbonyl (C=O) groups excluding carboxylic acids is 1. The summed E-state index contributed by atoms with van der Waals surface area (Å²) in [6, 6.07) is 6.84. The minimum Gasteiger partial charge on any atom is -0.491 e. The smallest absolute Gasteiger partial charge is 0.305 e. The van der Waals surface area contributed by atoms with Crippen LogP contribution in [-0.4, -0.2) is 53.8 Å². The van der Waals surface area contributed by atoms with Gasteiger partial charge in [-0.25, -0.2) is 0 Å². The summed E-state index contributed by atoms with van der Waals surface area (Å²) in [6.45, 7) is 1.95. The lowest BCUT2D eigenvalue weighted by molar-refractivity contribution is -0.137. The van der Waals surface area contributed by atoms with E-state index in [2.05, 4.69) is 0 Å². The second-order valence-corrected chi connectivity index (χ2v) is 6.36. The van der Waals surface area contributed by atoms with Gasteiger partial charge >= 0.3 is 5.97 Å². The zero-order valence-electron chi connectivity index (χ0n) is 13.6. The molecule has 1 N–H and O–H groups in total. The van der Waals surface area contributed by atoms with Gasteiger partial charge in [-0.05, 0) is 49.9 Å². The number of benzene rings is 1. The van der Waals surface area contributed by atoms with Gasteiger partial charge in [0.25, 0.3) is 5.91 Å². The standard InChI is InChI=1S/C18H23NO5/c20-17(21)11-14-3-1-9-19(14)18(22)13-5-7-15(8-6-13)24-12-16-4-2-10-23-16/h5-8,14,16H,1-4,9-12H2,(H,20,21). The molecule has 1 aromatic rings. The molecule has 0 radical (unpaired) electrons. The van der Waals surface area contributed by atoms with E-state index in [0.29, 0.717) is 24.5 Å². The van der Waals surface area contributed by atoms with Gasteiger partial charge in [-0.2, -0.15) is 0 Å². The topological polar surface area (TPSA) is 76.1 Å². The first-order valence-corrected chi connectivity index (χ1v) is 8.50. The summed E-state index contributed by atoms with van der Waals surface area (Å²) >= 11 is 0. The van der Waals surface area contributed by atoms with Crippen molar-refractivity contribution in [1.82, 2.24) is 4.90 Å². The van der Waals surface area contributed by atoms with E-state index >= 15 is 0 Å². The van der Waals surface area contributed by atoms with Gasteiger partial charge in [-0.15, -0.1) is 0 Å². The SMILES string of the molecule is O=C(O)CC1CCCN1C(=O)c1ccc(OCC2CCCO2)cc1. The highest BCUT2D eigenvalue weighted by molar-refractivity contribution is 5.95. The molecular formula is C18H23NO5. The molecule has 1 amide bonds. The van der Waals surface area contributed by atoms with Gasteiger partial charge in [-0.1, -0.05) is 0 Å². The molecule has 3 rings (SSSR count). The van der Waals surface area contributed by atoms with Crippen molar-refractivity contribution in [1.29, 1.82) is 0 Å². The average molecular weight is 333 g/mol. The predicted molar refractivity (Wildman–Crippen MR) is 87.2 cm³/mol. The van der Waals surface area contributed by atoms with Gasteiger partial charge in [0.1, 0.15) is 12.4 Å². The number of hydrogen-bond donors (Lipinski definition) is 1. The highest BCUT2D eigenvalue weighted by Crippen LogP contribution is 2.24. The molecule has 24 heavy (non-hydrogen) atoms. The van der Waals surface area contributed by atoms with Gasteiger partial charge < -0.3 is 19.5 Å². The van der Waals surface area contributed by atoms with Crippen LogP contribution in [0.25, 0.3) is 0 Å². The minimum atomic E-state index is -0.863. The molecular weight excluding hydrogens is 310 g/mol. The van der Waals surface area contributed by atoms with Crippen LogP contribution in [0.15, 0.2) is 24.3 Å². The molecule has 2 aliphatic heterocycles. The lowest BCUT2D eigenvalue weighted by atomic mass is 10.1. The van der Waals surface area contributed by atoms with Crippen LogP contribution in [-0.2, 0) is 9.53 Å². The molecule has 6 nitrogen and oxygen atoms in total. The van der Waals surface area contributed by atoms with Crippen molar-refractivity contribution in [2.24, 2.45) is 0 Å². The molecule has 0 aliphatic carbocycles. The van der Waals surface area contributed by atoms with Crippen LogP contribution >= 0.6 is 0 Å². The number of hydrogen-bond acceptors (Lipinski definition) is 4. The Labute approximate surface area is 141 Å². The number of amides is 1. The summed E-state index contributed by atoms with van der Waals surface area (Å²) < 4.78 is 11.2. The van der Waals surface area contributed by atoms with Gasteiger partial charge in [0, 0.05) is 24.8 Å². The second kappa shape index (κ2) is 7.66. The number of carboxylic acid groups (broad SMARTS) is 1. The molecule has 0 saturated carbocycles. The molecule has 1 aromatic carbocycles. The van der Waals surface area contributed by atoms with Gasteiger partial charge in [-0.3, -0.25) is 9.59 Å². The largest absolute Gasteiger partial charge is 0.491 e. The summed E-state index contributed by atoms with van der Waals surface area (Å²) in [7, 11) is 0. The number of nitrogens with zero attached hydrogens (tertiary/aromatic N) is 1. The Bertz CT molecular complexity index is 580. The summed E-state index contributed by atoms with van der Waals surface area (Å²) in [5, 5.41) is 8.96. The van der Waals surface area contributed by atoms with E-state index < -0.39 is 5.97 Å². The third-order valence-electron chi connectivity index (χ3n) is 4.61. The Morgan fingerprint density at radius 1 is 1.21 bits per heavy atom. The van der Waals surface area contributed by atoms with E-state index in [-0.39, 0.29) is 24.5 Å². The van der Waals surface area contributed by atoms with Crippen LogP contribution in [0.2, 0.25) is 0 Å². The Morgan fingerprint density at radius 3 is 2.67 bits per heavy atom. The molecule has 0 aromatic heterocycles. The molecule has 2 heterocycles. The first-order chi connectivity index (χ1) is 11.6. The van der Waals surface area contributed by atoms with Crippen molar-refractivity contribution < 1.29 is 24.2 Å². The summed E-state index contributed by atoms with van der Waals surface area (Å²) in [4.78, 5) is 25.2. The van der Waals surface area contributed by atoms with Crippen molar-refractivity contribution in [3.63, 3.8) is 0 Å². The van der Waals surface area contributed by atoms with Gasteiger partial charge in [0.15, 0.2) is 0 Å².